The average Bonchev–Trinajstić information content (AvgIpc) is 2.42. The molecular weight excluding hydrogens is 283 g/mol. The number of ether oxygens (including phenoxy) is 1. The van der Waals surface area contributed by atoms with E-state index in [4.69, 9.17) is 12.6 Å². The Hall–Kier alpha value is -1.82. The number of halogens is 4. The first-order chi connectivity index (χ1) is 9.88. The first-order valence-electron chi connectivity index (χ1n) is 6.14. The van der Waals surface area contributed by atoms with E-state index in [1.807, 2.05) is 0 Å². The Bertz CT molecular complexity index is 625. The molecule has 0 heterocycles. The molecule has 0 aliphatic heterocycles. The summed E-state index contributed by atoms with van der Waals surface area (Å²) >= 11 is 0. The highest BCUT2D eigenvalue weighted by molar-refractivity contribution is 6.32. The van der Waals surface area contributed by atoms with Gasteiger partial charge in [0.05, 0.1) is 18.8 Å². The maximum Gasteiger partial charge on any atom is 0.416 e. The lowest BCUT2D eigenvalue weighted by atomic mass is 9.94. The fourth-order valence-electron chi connectivity index (χ4n) is 1.86. The third kappa shape index (κ3) is 4.08. The van der Waals surface area contributed by atoms with Crippen LogP contribution >= 0.6 is 0 Å². The molecule has 1 nitrogen and oxygen atoms in total. The zero-order chi connectivity index (χ0) is 15.5. The molecular formula is C15H11BF4O. The fraction of sp³-hybridized carbons (Fsp3) is 0.200. The predicted octanol–water partition coefficient (Wildman–Crippen LogP) is 3.36. The minimum Gasteiger partial charge on any atom is -0.372 e. The highest BCUT2D eigenvalue weighted by Gasteiger charge is 2.32. The second kappa shape index (κ2) is 6.31. The molecule has 0 atom stereocenters. The maximum absolute atomic E-state index is 13.2. The lowest BCUT2D eigenvalue weighted by Crippen LogP contribution is -2.10. The van der Waals surface area contributed by atoms with E-state index in [9.17, 15) is 17.6 Å². The van der Waals surface area contributed by atoms with Crippen molar-refractivity contribution in [1.29, 1.82) is 0 Å². The fourth-order valence-corrected chi connectivity index (χ4v) is 1.86. The van der Waals surface area contributed by atoms with Crippen molar-refractivity contribution in [3.05, 3.63) is 65.0 Å². The molecule has 0 fully saturated rings. The third-order valence-electron chi connectivity index (χ3n) is 2.91. The quantitative estimate of drug-likeness (QED) is 0.620. The van der Waals surface area contributed by atoms with Gasteiger partial charge in [-0.3, -0.25) is 0 Å². The first kappa shape index (κ1) is 15.6. The van der Waals surface area contributed by atoms with Gasteiger partial charge < -0.3 is 4.74 Å². The number of benzene rings is 2. The SMILES string of the molecule is [B]c1ccc(COCc2ccccc2C(F)(F)F)cc1F. The second-order valence-electron chi connectivity index (χ2n) is 4.50. The van der Waals surface area contributed by atoms with Gasteiger partial charge in [0.15, 0.2) is 0 Å². The number of hydrogen-bond donors (Lipinski definition) is 0. The molecule has 0 aliphatic carbocycles. The normalized spacial score (nSPS) is 11.6. The smallest absolute Gasteiger partial charge is 0.372 e. The lowest BCUT2D eigenvalue weighted by molar-refractivity contribution is -0.138. The van der Waals surface area contributed by atoms with Crippen LogP contribution in [0.15, 0.2) is 42.5 Å². The predicted molar refractivity (Wildman–Crippen MR) is 71.7 cm³/mol. The number of rotatable bonds is 4. The summed E-state index contributed by atoms with van der Waals surface area (Å²) in [5.74, 6) is -0.577. The van der Waals surface area contributed by atoms with E-state index in [0.29, 0.717) is 5.56 Å². The van der Waals surface area contributed by atoms with Crippen LogP contribution < -0.4 is 5.46 Å². The molecule has 108 valence electrons. The molecule has 0 spiro atoms. The van der Waals surface area contributed by atoms with Gasteiger partial charge in [0.2, 0.25) is 0 Å². The van der Waals surface area contributed by atoms with Crippen molar-refractivity contribution in [3.63, 3.8) is 0 Å². The van der Waals surface area contributed by atoms with Gasteiger partial charge in [-0.2, -0.15) is 13.2 Å². The van der Waals surface area contributed by atoms with Crippen LogP contribution in [0.5, 0.6) is 0 Å². The van der Waals surface area contributed by atoms with Crippen LogP contribution in [0.3, 0.4) is 0 Å². The summed E-state index contributed by atoms with van der Waals surface area (Å²) in [7, 11) is 5.34. The molecule has 0 aliphatic rings. The molecule has 0 unspecified atom stereocenters. The first-order valence-corrected chi connectivity index (χ1v) is 6.14. The zero-order valence-electron chi connectivity index (χ0n) is 11.0. The van der Waals surface area contributed by atoms with Gasteiger partial charge in [0, 0.05) is 0 Å². The van der Waals surface area contributed by atoms with Crippen molar-refractivity contribution < 1.29 is 22.3 Å². The Morgan fingerprint density at radius 2 is 1.71 bits per heavy atom. The minimum absolute atomic E-state index is 0.00336. The topological polar surface area (TPSA) is 9.23 Å². The Morgan fingerprint density at radius 3 is 2.38 bits per heavy atom. The third-order valence-corrected chi connectivity index (χ3v) is 2.91. The van der Waals surface area contributed by atoms with E-state index in [-0.39, 0.29) is 24.2 Å². The molecule has 6 heteroatoms. The Morgan fingerprint density at radius 1 is 1.00 bits per heavy atom. The molecule has 2 aromatic carbocycles. The summed E-state index contributed by atoms with van der Waals surface area (Å²) in [6, 6.07) is 9.34. The van der Waals surface area contributed by atoms with Gasteiger partial charge >= 0.3 is 6.18 Å². The Kier molecular flexibility index (Phi) is 4.68. The molecule has 0 N–H and O–H groups in total. The van der Waals surface area contributed by atoms with Gasteiger partial charge in [-0.25, -0.2) is 4.39 Å². The van der Waals surface area contributed by atoms with Crippen LogP contribution in [0.25, 0.3) is 0 Å². The average molecular weight is 294 g/mol. The van der Waals surface area contributed by atoms with E-state index in [2.05, 4.69) is 0 Å². The zero-order valence-corrected chi connectivity index (χ0v) is 11.0. The summed E-state index contributed by atoms with van der Waals surface area (Å²) in [6.45, 7) is -0.203. The summed E-state index contributed by atoms with van der Waals surface area (Å²) in [4.78, 5) is 0. The molecule has 0 amide bonds. The highest BCUT2D eigenvalue weighted by Crippen LogP contribution is 2.32. The van der Waals surface area contributed by atoms with Crippen molar-refractivity contribution >= 4 is 13.3 Å². The minimum atomic E-state index is -4.42. The molecule has 2 radical (unpaired) electrons. The Balaban J connectivity index is 2.02. The van der Waals surface area contributed by atoms with Crippen LogP contribution in [-0.4, -0.2) is 7.85 Å². The van der Waals surface area contributed by atoms with Crippen LogP contribution in [0.2, 0.25) is 0 Å². The highest BCUT2D eigenvalue weighted by atomic mass is 19.4. The van der Waals surface area contributed by atoms with Crippen LogP contribution in [0.4, 0.5) is 17.6 Å². The van der Waals surface area contributed by atoms with Crippen molar-refractivity contribution in [1.82, 2.24) is 0 Å². The maximum atomic E-state index is 13.2. The molecule has 21 heavy (non-hydrogen) atoms. The van der Waals surface area contributed by atoms with Crippen molar-refractivity contribution in [3.8, 4) is 0 Å². The molecule has 0 aromatic heterocycles. The number of hydrogen-bond acceptors (Lipinski definition) is 1. The van der Waals surface area contributed by atoms with E-state index >= 15 is 0 Å². The van der Waals surface area contributed by atoms with Crippen LogP contribution in [-0.2, 0) is 24.1 Å². The molecule has 0 bridgehead atoms. The van der Waals surface area contributed by atoms with Crippen LogP contribution in [0.1, 0.15) is 16.7 Å². The standard InChI is InChI=1S/C15H11BF4O/c16-13-6-5-10(7-14(13)17)8-21-9-11-3-1-2-4-12(11)15(18,19)20/h1-7H,8-9H2. The van der Waals surface area contributed by atoms with E-state index < -0.39 is 17.6 Å². The molecule has 2 aromatic rings. The van der Waals surface area contributed by atoms with Gasteiger partial charge in [-0.1, -0.05) is 35.8 Å². The van der Waals surface area contributed by atoms with Gasteiger partial charge in [-0.15, -0.1) is 0 Å². The van der Waals surface area contributed by atoms with Crippen molar-refractivity contribution in [2.45, 2.75) is 19.4 Å². The summed E-state index contributed by atoms with van der Waals surface area (Å²) < 4.78 is 56.8. The van der Waals surface area contributed by atoms with Gasteiger partial charge in [-0.05, 0) is 23.3 Å². The largest absolute Gasteiger partial charge is 0.416 e. The van der Waals surface area contributed by atoms with Gasteiger partial charge in [0.1, 0.15) is 13.7 Å². The monoisotopic (exact) mass is 294 g/mol. The molecule has 0 saturated heterocycles. The van der Waals surface area contributed by atoms with E-state index in [1.165, 1.54) is 30.3 Å². The van der Waals surface area contributed by atoms with Crippen molar-refractivity contribution in [2.75, 3.05) is 0 Å². The summed E-state index contributed by atoms with van der Waals surface area (Å²) in [5, 5.41) is 0. The van der Waals surface area contributed by atoms with E-state index in [1.54, 1.807) is 6.07 Å². The molecule has 2 rings (SSSR count). The summed E-state index contributed by atoms with van der Waals surface area (Å²) in [6.07, 6.45) is -4.42. The van der Waals surface area contributed by atoms with E-state index in [0.717, 1.165) is 6.07 Å². The molecule has 0 saturated carbocycles. The van der Waals surface area contributed by atoms with Crippen LogP contribution in [0, 0.1) is 5.82 Å². The lowest BCUT2D eigenvalue weighted by Gasteiger charge is -2.13. The van der Waals surface area contributed by atoms with Crippen molar-refractivity contribution in [2.24, 2.45) is 0 Å². The second-order valence-corrected chi connectivity index (χ2v) is 4.50. The Labute approximate surface area is 121 Å². The van der Waals surface area contributed by atoms with Gasteiger partial charge in [0.25, 0.3) is 0 Å². The number of alkyl halides is 3. The summed E-state index contributed by atoms with van der Waals surface area (Å²) in [5.41, 5.74) is -0.165.